The fraction of sp³-hybridized carbons (Fsp3) is 0. The molecule has 0 aliphatic carbocycles. The van der Waals surface area contributed by atoms with Gasteiger partial charge in [-0.2, -0.15) is 0 Å². The number of furan rings is 1. The van der Waals surface area contributed by atoms with Crippen LogP contribution in [0.1, 0.15) is 0 Å². The molecule has 0 atom stereocenters. The van der Waals surface area contributed by atoms with E-state index in [0.717, 1.165) is 83.5 Å². The molecule has 300 valence electrons. The van der Waals surface area contributed by atoms with E-state index in [1.54, 1.807) is 0 Å². The lowest BCUT2D eigenvalue weighted by molar-refractivity contribution is 0.620. The summed E-state index contributed by atoms with van der Waals surface area (Å²) in [6.07, 6.45) is 0. The van der Waals surface area contributed by atoms with Gasteiger partial charge >= 0.3 is 0 Å². The summed E-state index contributed by atoms with van der Waals surface area (Å²) in [6, 6.07) is 79.7. The van der Waals surface area contributed by atoms with Crippen molar-refractivity contribution in [2.24, 2.45) is 0 Å². The minimum absolute atomic E-state index is 0.610. The minimum Gasteiger partial charge on any atom is -0.456 e. The summed E-state index contributed by atoms with van der Waals surface area (Å²) < 4.78 is 12.6. The van der Waals surface area contributed by atoms with Crippen LogP contribution < -0.4 is 9.80 Å². The van der Waals surface area contributed by atoms with E-state index in [-0.39, 0.29) is 0 Å². The lowest BCUT2D eigenvalue weighted by Crippen LogP contribution is -2.10. The largest absolute Gasteiger partial charge is 0.456 e. The van der Waals surface area contributed by atoms with Gasteiger partial charge in [0.05, 0.1) is 0 Å². The standard InChI is InChI=1S/C59H37N3O2/c1-2-12-40(13-3-1)59-60-55-30-26-50(37-58(55)64-59)62(46-23-21-39-11-5-7-15-42(39)33-46)48-25-29-52-44(35-48)19-18-43-34-47(24-28-51(43)52)61(45-22-20-38-10-4-6-14-41(38)32-45)49-27-31-57-54(36-49)53-16-8-9-17-56(53)63-57/h1-37H. The molecule has 0 N–H and O–H groups in total. The third-order valence-electron chi connectivity index (χ3n) is 12.6. The number of oxazole rings is 1. The molecular weight excluding hydrogens is 783 g/mol. The zero-order chi connectivity index (χ0) is 42.1. The lowest BCUT2D eigenvalue weighted by Gasteiger charge is -2.27. The number of para-hydroxylation sites is 1. The van der Waals surface area contributed by atoms with Crippen LogP contribution in [0.15, 0.2) is 233 Å². The van der Waals surface area contributed by atoms with Gasteiger partial charge < -0.3 is 18.6 Å². The Morgan fingerprint density at radius 3 is 1.41 bits per heavy atom. The normalized spacial score (nSPS) is 11.8. The summed E-state index contributed by atoms with van der Waals surface area (Å²) in [7, 11) is 0. The molecule has 0 fully saturated rings. The van der Waals surface area contributed by atoms with Crippen LogP contribution in [0.3, 0.4) is 0 Å². The fourth-order valence-corrected chi connectivity index (χ4v) is 9.46. The zero-order valence-corrected chi connectivity index (χ0v) is 34.5. The molecule has 0 saturated carbocycles. The van der Waals surface area contributed by atoms with Gasteiger partial charge in [0, 0.05) is 56.5 Å². The van der Waals surface area contributed by atoms with Gasteiger partial charge in [-0.15, -0.1) is 0 Å². The Labute approximate surface area is 368 Å². The number of nitrogens with zero attached hydrogens (tertiary/aromatic N) is 3. The van der Waals surface area contributed by atoms with E-state index in [1.807, 2.05) is 42.5 Å². The first-order chi connectivity index (χ1) is 31.7. The maximum absolute atomic E-state index is 6.39. The molecule has 5 nitrogen and oxygen atoms in total. The summed E-state index contributed by atoms with van der Waals surface area (Å²) >= 11 is 0. The summed E-state index contributed by atoms with van der Waals surface area (Å²) in [5.74, 6) is 0.610. The fourth-order valence-electron chi connectivity index (χ4n) is 9.46. The average molecular weight is 820 g/mol. The SMILES string of the molecule is c1ccc(-c2nc3ccc(N(c4ccc5ccccc5c4)c4ccc5c(ccc6cc(N(c7ccc8ccccc8c7)c7ccc8oc9ccccc9c8c7)ccc65)c4)cc3o2)cc1. The van der Waals surface area contributed by atoms with Crippen LogP contribution in [0.25, 0.3) is 87.6 Å². The molecule has 13 rings (SSSR count). The summed E-state index contributed by atoms with van der Waals surface area (Å²) in [5, 5.41) is 11.7. The third-order valence-corrected chi connectivity index (χ3v) is 12.6. The van der Waals surface area contributed by atoms with Gasteiger partial charge in [0.15, 0.2) is 5.58 Å². The quantitative estimate of drug-likeness (QED) is 0.150. The Morgan fingerprint density at radius 2 is 0.750 bits per heavy atom. The Balaban J connectivity index is 0.932. The smallest absolute Gasteiger partial charge is 0.227 e. The number of hydrogen-bond donors (Lipinski definition) is 0. The van der Waals surface area contributed by atoms with Crippen molar-refractivity contribution in [1.82, 2.24) is 4.98 Å². The highest BCUT2D eigenvalue weighted by molar-refractivity contribution is 6.11. The Kier molecular flexibility index (Phi) is 8.15. The number of anilines is 6. The molecule has 0 radical (unpaired) electrons. The second-order valence-electron chi connectivity index (χ2n) is 16.4. The molecule has 0 amide bonds. The number of aromatic nitrogens is 1. The molecule has 0 saturated heterocycles. The summed E-state index contributed by atoms with van der Waals surface area (Å²) in [5.41, 5.74) is 10.6. The van der Waals surface area contributed by atoms with E-state index >= 15 is 0 Å². The van der Waals surface area contributed by atoms with Crippen molar-refractivity contribution in [1.29, 1.82) is 0 Å². The highest BCUT2D eigenvalue weighted by Gasteiger charge is 2.20. The molecular formula is C59H37N3O2. The average Bonchev–Trinajstić information content (AvgIpc) is 3.96. The van der Waals surface area contributed by atoms with Gasteiger partial charge in [0.25, 0.3) is 0 Å². The number of benzene rings is 11. The molecule has 13 aromatic rings. The van der Waals surface area contributed by atoms with Crippen LogP contribution in [-0.4, -0.2) is 4.98 Å². The van der Waals surface area contributed by atoms with Crippen LogP contribution in [-0.2, 0) is 0 Å². The van der Waals surface area contributed by atoms with Crippen molar-refractivity contribution in [2.75, 3.05) is 9.80 Å². The molecule has 0 spiro atoms. The second-order valence-corrected chi connectivity index (χ2v) is 16.4. The minimum atomic E-state index is 0.610. The zero-order valence-electron chi connectivity index (χ0n) is 34.5. The molecule has 0 aliphatic heterocycles. The van der Waals surface area contributed by atoms with Crippen molar-refractivity contribution in [3.05, 3.63) is 224 Å². The molecule has 0 unspecified atom stereocenters. The molecule has 11 aromatic carbocycles. The predicted molar refractivity (Wildman–Crippen MR) is 266 cm³/mol. The topological polar surface area (TPSA) is 45.7 Å². The number of fused-ring (bicyclic) bond motifs is 9. The second kappa shape index (κ2) is 14.5. The molecule has 2 heterocycles. The van der Waals surface area contributed by atoms with E-state index in [2.05, 4.69) is 192 Å². The first kappa shape index (κ1) is 36.0. The van der Waals surface area contributed by atoms with Crippen molar-refractivity contribution in [2.45, 2.75) is 0 Å². The van der Waals surface area contributed by atoms with Crippen LogP contribution in [0.4, 0.5) is 34.1 Å². The molecule has 0 bridgehead atoms. The van der Waals surface area contributed by atoms with Gasteiger partial charge in [0.2, 0.25) is 5.89 Å². The van der Waals surface area contributed by atoms with Crippen LogP contribution in [0.2, 0.25) is 0 Å². The Bertz CT molecular complexity index is 3940. The Hall–Kier alpha value is -8.67. The van der Waals surface area contributed by atoms with Crippen LogP contribution in [0.5, 0.6) is 0 Å². The van der Waals surface area contributed by atoms with Crippen molar-refractivity contribution in [3.63, 3.8) is 0 Å². The maximum Gasteiger partial charge on any atom is 0.227 e. The predicted octanol–water partition coefficient (Wildman–Crippen LogP) is 16.9. The van der Waals surface area contributed by atoms with Crippen molar-refractivity contribution in [3.8, 4) is 11.5 Å². The Morgan fingerprint density at radius 1 is 0.281 bits per heavy atom. The van der Waals surface area contributed by atoms with Gasteiger partial charge in [-0.25, -0.2) is 4.98 Å². The van der Waals surface area contributed by atoms with E-state index in [1.165, 1.54) is 32.3 Å². The number of hydrogen-bond acceptors (Lipinski definition) is 5. The van der Waals surface area contributed by atoms with Crippen molar-refractivity contribution < 1.29 is 8.83 Å². The lowest BCUT2D eigenvalue weighted by atomic mass is 9.99. The van der Waals surface area contributed by atoms with Gasteiger partial charge in [-0.05, 0) is 140 Å². The van der Waals surface area contributed by atoms with Gasteiger partial charge in [-0.3, -0.25) is 0 Å². The highest BCUT2D eigenvalue weighted by Crippen LogP contribution is 2.43. The monoisotopic (exact) mass is 819 g/mol. The van der Waals surface area contributed by atoms with E-state index in [9.17, 15) is 0 Å². The first-order valence-corrected chi connectivity index (χ1v) is 21.6. The van der Waals surface area contributed by atoms with Gasteiger partial charge in [-0.1, -0.05) is 121 Å². The first-order valence-electron chi connectivity index (χ1n) is 21.6. The van der Waals surface area contributed by atoms with E-state index < -0.39 is 0 Å². The van der Waals surface area contributed by atoms with Crippen LogP contribution >= 0.6 is 0 Å². The van der Waals surface area contributed by atoms with Crippen LogP contribution in [0, 0.1) is 0 Å². The summed E-state index contributed by atoms with van der Waals surface area (Å²) in [6.45, 7) is 0. The third kappa shape index (κ3) is 6.05. The van der Waals surface area contributed by atoms with Gasteiger partial charge in [0.1, 0.15) is 16.7 Å². The molecule has 64 heavy (non-hydrogen) atoms. The van der Waals surface area contributed by atoms with Crippen molar-refractivity contribution >= 4 is 110 Å². The molecule has 0 aliphatic rings. The van der Waals surface area contributed by atoms with E-state index in [4.69, 9.17) is 13.8 Å². The highest BCUT2D eigenvalue weighted by atomic mass is 16.3. The number of rotatable bonds is 7. The maximum atomic E-state index is 6.39. The summed E-state index contributed by atoms with van der Waals surface area (Å²) in [4.78, 5) is 9.50. The van der Waals surface area contributed by atoms with E-state index in [0.29, 0.717) is 5.89 Å². The molecule has 5 heteroatoms. The molecule has 2 aromatic heterocycles.